The van der Waals surface area contributed by atoms with Crippen molar-refractivity contribution in [3.05, 3.63) is 64.2 Å². The third-order valence-corrected chi connectivity index (χ3v) is 8.61. The van der Waals surface area contributed by atoms with E-state index in [1.165, 1.54) is 0 Å². The number of nitriles is 1. The van der Waals surface area contributed by atoms with Crippen LogP contribution in [0, 0.1) is 11.3 Å². The van der Waals surface area contributed by atoms with Gasteiger partial charge in [-0.15, -0.1) is 22.0 Å². The fraction of sp³-hybridized carbons (Fsp3) is 0.500. The number of aryl methyl sites for hydroxylation is 1. The standard InChI is InChI=1S/C28H33N7O2S.C4H7FO2/c1-5-7-33(3)14-19-8-20(13-29)23-15-35(27(36)22(23)9-19)24-10-21(11-26(31-24)38-6-2)28(16-37-17-28)12-25-32-30-18-34(25)4;1-4(2,5)3(6)7/h8-11,18H,5-7,12,14-17H2,1-4H3;1-2H3,(H,6,7). The van der Waals surface area contributed by atoms with Crippen molar-refractivity contribution in [2.75, 3.05) is 37.5 Å². The maximum absolute atomic E-state index is 13.8. The SMILES string of the molecule is CC(C)(F)C(=O)O.CCCN(C)Cc1cc(C#N)c2c(c1)C(=O)N(c1cc(C3(Cc4nncn4C)COC3)cc(SCC)n1)C2. The second-order valence-electron chi connectivity index (χ2n) is 12.0. The molecule has 0 saturated carbocycles. The van der Waals surface area contributed by atoms with Gasteiger partial charge in [0.1, 0.15) is 18.0 Å². The Morgan fingerprint density at radius 3 is 2.51 bits per heavy atom. The molecule has 0 unspecified atom stereocenters. The number of thioether (sulfide) groups is 1. The topological polar surface area (TPSA) is 137 Å². The summed E-state index contributed by atoms with van der Waals surface area (Å²) in [7, 11) is 4.00. The van der Waals surface area contributed by atoms with Crippen LogP contribution in [0.1, 0.15) is 72.6 Å². The van der Waals surface area contributed by atoms with Crippen molar-refractivity contribution < 1.29 is 23.8 Å². The first-order valence-electron chi connectivity index (χ1n) is 14.9. The van der Waals surface area contributed by atoms with E-state index in [9.17, 15) is 19.2 Å². The highest BCUT2D eigenvalue weighted by molar-refractivity contribution is 7.99. The van der Waals surface area contributed by atoms with E-state index in [0.29, 0.717) is 49.7 Å². The third-order valence-electron chi connectivity index (χ3n) is 7.82. The van der Waals surface area contributed by atoms with Gasteiger partial charge in [-0.25, -0.2) is 14.2 Å². The molecule has 240 valence electrons. The number of amides is 1. The number of pyridine rings is 1. The van der Waals surface area contributed by atoms with Gasteiger partial charge in [0.2, 0.25) is 5.67 Å². The predicted molar refractivity (Wildman–Crippen MR) is 169 cm³/mol. The summed E-state index contributed by atoms with van der Waals surface area (Å²) in [6.45, 7) is 9.34. The molecule has 4 heterocycles. The monoisotopic (exact) mass is 637 g/mol. The van der Waals surface area contributed by atoms with Crippen LogP contribution >= 0.6 is 11.8 Å². The first-order chi connectivity index (χ1) is 21.3. The van der Waals surface area contributed by atoms with E-state index in [1.54, 1.807) is 23.0 Å². The number of anilines is 1. The molecule has 1 fully saturated rings. The number of aromatic nitrogens is 4. The van der Waals surface area contributed by atoms with Crippen molar-refractivity contribution in [1.82, 2.24) is 24.6 Å². The molecule has 5 rings (SSSR count). The molecule has 2 aromatic heterocycles. The van der Waals surface area contributed by atoms with Crippen LogP contribution in [0.3, 0.4) is 0 Å². The number of fused-ring (bicyclic) bond motifs is 1. The highest BCUT2D eigenvalue weighted by Crippen LogP contribution is 2.40. The molecule has 1 amide bonds. The van der Waals surface area contributed by atoms with E-state index >= 15 is 0 Å². The van der Waals surface area contributed by atoms with Gasteiger partial charge in [0.25, 0.3) is 5.91 Å². The average molecular weight is 638 g/mol. The zero-order chi connectivity index (χ0) is 32.9. The highest BCUT2D eigenvalue weighted by atomic mass is 32.2. The van der Waals surface area contributed by atoms with E-state index < -0.39 is 11.6 Å². The molecule has 11 nitrogen and oxygen atoms in total. The first-order valence-corrected chi connectivity index (χ1v) is 15.8. The summed E-state index contributed by atoms with van der Waals surface area (Å²) in [6.07, 6.45) is 3.44. The minimum Gasteiger partial charge on any atom is -0.479 e. The fourth-order valence-corrected chi connectivity index (χ4v) is 5.93. The summed E-state index contributed by atoms with van der Waals surface area (Å²) in [6, 6.07) is 10.3. The Bertz CT molecular complexity index is 1590. The lowest BCUT2D eigenvalue weighted by Crippen LogP contribution is -2.49. The molecule has 1 aromatic carbocycles. The van der Waals surface area contributed by atoms with Gasteiger partial charge in [0, 0.05) is 36.6 Å². The number of hydrogen-bond acceptors (Lipinski definition) is 9. The van der Waals surface area contributed by atoms with Crippen LogP contribution < -0.4 is 4.90 Å². The molecule has 0 bridgehead atoms. The number of rotatable bonds is 11. The number of carboxylic acids is 1. The molecule has 3 aromatic rings. The summed E-state index contributed by atoms with van der Waals surface area (Å²) in [5.41, 5.74) is 1.65. The summed E-state index contributed by atoms with van der Waals surface area (Å²) >= 11 is 1.65. The van der Waals surface area contributed by atoms with Gasteiger partial charge in [0.05, 0.1) is 36.4 Å². The largest absolute Gasteiger partial charge is 0.479 e. The molecule has 0 aliphatic carbocycles. The maximum Gasteiger partial charge on any atom is 0.340 e. The summed E-state index contributed by atoms with van der Waals surface area (Å²) < 4.78 is 19.6. The number of benzene rings is 1. The van der Waals surface area contributed by atoms with Gasteiger partial charge in [-0.2, -0.15) is 5.26 Å². The zero-order valence-corrected chi connectivity index (χ0v) is 27.4. The Kier molecular flexibility index (Phi) is 10.6. The van der Waals surface area contributed by atoms with Crippen molar-refractivity contribution in [2.45, 2.75) is 69.7 Å². The number of ether oxygens (including phenoxy) is 1. The van der Waals surface area contributed by atoms with Gasteiger partial charge >= 0.3 is 5.97 Å². The first kappa shape index (κ1) is 34.0. The Morgan fingerprint density at radius 2 is 1.98 bits per heavy atom. The van der Waals surface area contributed by atoms with Crippen LogP contribution in [0.15, 0.2) is 35.6 Å². The number of nitrogens with zero attached hydrogens (tertiary/aromatic N) is 7. The van der Waals surface area contributed by atoms with Crippen LogP contribution in [-0.2, 0) is 41.5 Å². The quantitative estimate of drug-likeness (QED) is 0.299. The van der Waals surface area contributed by atoms with E-state index in [-0.39, 0.29) is 11.3 Å². The summed E-state index contributed by atoms with van der Waals surface area (Å²) in [5.74, 6) is 0.829. The van der Waals surface area contributed by atoms with Gasteiger partial charge in [-0.1, -0.05) is 13.8 Å². The number of aliphatic carboxylic acids is 1. The van der Waals surface area contributed by atoms with Crippen molar-refractivity contribution in [1.29, 1.82) is 5.26 Å². The predicted octanol–water partition coefficient (Wildman–Crippen LogP) is 4.53. The smallest absolute Gasteiger partial charge is 0.340 e. The molecular formula is C32H40FN7O4S. The molecule has 2 aliphatic heterocycles. The molecule has 0 atom stereocenters. The molecule has 1 N–H and O–H groups in total. The summed E-state index contributed by atoms with van der Waals surface area (Å²) in [4.78, 5) is 32.2. The van der Waals surface area contributed by atoms with E-state index in [0.717, 1.165) is 60.1 Å². The number of hydrogen-bond donors (Lipinski definition) is 1. The van der Waals surface area contributed by atoms with Crippen LogP contribution in [0.5, 0.6) is 0 Å². The van der Waals surface area contributed by atoms with Crippen molar-refractivity contribution in [2.24, 2.45) is 7.05 Å². The Morgan fingerprint density at radius 1 is 1.27 bits per heavy atom. The van der Waals surface area contributed by atoms with E-state index in [1.807, 2.05) is 29.8 Å². The van der Waals surface area contributed by atoms with Crippen molar-refractivity contribution >= 4 is 29.5 Å². The number of alkyl halides is 1. The lowest BCUT2D eigenvalue weighted by Gasteiger charge is -2.42. The van der Waals surface area contributed by atoms with Crippen LogP contribution in [0.2, 0.25) is 0 Å². The fourth-order valence-electron chi connectivity index (χ4n) is 5.26. The minimum absolute atomic E-state index is 0.110. The van der Waals surface area contributed by atoms with E-state index in [2.05, 4.69) is 48.1 Å². The lowest BCUT2D eigenvalue weighted by atomic mass is 9.76. The number of carboxylic acid groups (broad SMARTS) is 1. The summed E-state index contributed by atoms with van der Waals surface area (Å²) in [5, 5.41) is 27.0. The number of carbonyl (C=O) groups is 2. The van der Waals surface area contributed by atoms with Crippen LogP contribution in [-0.4, -0.2) is 79.9 Å². The maximum atomic E-state index is 13.8. The molecule has 0 spiro atoms. The normalized spacial score (nSPS) is 15.3. The minimum atomic E-state index is -2.08. The van der Waals surface area contributed by atoms with Gasteiger partial charge in [-0.3, -0.25) is 9.69 Å². The highest BCUT2D eigenvalue weighted by Gasteiger charge is 2.43. The molecule has 0 radical (unpaired) electrons. The Balaban J connectivity index is 0.000000591. The van der Waals surface area contributed by atoms with Crippen LogP contribution in [0.4, 0.5) is 10.2 Å². The van der Waals surface area contributed by atoms with Gasteiger partial charge < -0.3 is 19.3 Å². The molecule has 13 heteroatoms. The number of halogens is 1. The van der Waals surface area contributed by atoms with Crippen molar-refractivity contribution in [3.63, 3.8) is 0 Å². The molecule has 2 aliphatic rings. The lowest BCUT2D eigenvalue weighted by molar-refractivity contribution is -0.148. The average Bonchev–Trinajstić information content (AvgIpc) is 3.52. The van der Waals surface area contributed by atoms with Gasteiger partial charge in [-0.05, 0) is 75.0 Å². The second-order valence-corrected chi connectivity index (χ2v) is 13.3. The molecular weight excluding hydrogens is 597 g/mol. The van der Waals surface area contributed by atoms with Crippen LogP contribution in [0.25, 0.3) is 0 Å². The number of carbonyl (C=O) groups excluding carboxylic acids is 1. The molecule has 1 saturated heterocycles. The third kappa shape index (κ3) is 7.69. The van der Waals surface area contributed by atoms with Gasteiger partial charge in [0.15, 0.2) is 0 Å². The van der Waals surface area contributed by atoms with Crippen molar-refractivity contribution in [3.8, 4) is 6.07 Å². The Labute approximate surface area is 267 Å². The van der Waals surface area contributed by atoms with E-state index in [4.69, 9.17) is 14.8 Å². The molecule has 45 heavy (non-hydrogen) atoms. The zero-order valence-electron chi connectivity index (χ0n) is 26.6. The Hall–Kier alpha value is -3.86. The second kappa shape index (κ2) is 14.1.